The zero-order valence-corrected chi connectivity index (χ0v) is 16.3. The molecule has 0 radical (unpaired) electrons. The van der Waals surface area contributed by atoms with Crippen molar-refractivity contribution in [1.29, 1.82) is 0 Å². The van der Waals surface area contributed by atoms with E-state index in [9.17, 15) is 4.79 Å². The number of hydrogen-bond acceptors (Lipinski definition) is 5. The van der Waals surface area contributed by atoms with Crippen molar-refractivity contribution in [2.24, 2.45) is 0 Å². The van der Waals surface area contributed by atoms with E-state index in [1.54, 1.807) is 16.9 Å². The van der Waals surface area contributed by atoms with Crippen LogP contribution in [0.1, 0.15) is 15.9 Å². The first kappa shape index (κ1) is 19.3. The van der Waals surface area contributed by atoms with Gasteiger partial charge in [-0.3, -0.25) is 4.79 Å². The van der Waals surface area contributed by atoms with Gasteiger partial charge >= 0.3 is 0 Å². The number of rotatable bonds is 7. The van der Waals surface area contributed by atoms with E-state index in [4.69, 9.17) is 10.5 Å². The summed E-state index contributed by atoms with van der Waals surface area (Å²) in [6.45, 7) is 3.03. The number of hydrogen-bond donors (Lipinski definition) is 2. The van der Waals surface area contributed by atoms with Crippen molar-refractivity contribution in [3.05, 3.63) is 65.9 Å². The Morgan fingerprint density at radius 2 is 1.93 bits per heavy atom. The number of amides is 1. The lowest BCUT2D eigenvalue weighted by atomic mass is 10.1. The molecule has 3 N–H and O–H groups in total. The van der Waals surface area contributed by atoms with E-state index in [1.165, 1.54) is 0 Å². The number of aryl methyl sites for hydroxylation is 1. The van der Waals surface area contributed by atoms with Crippen molar-refractivity contribution < 1.29 is 9.53 Å². The molecule has 0 saturated carbocycles. The molecule has 0 spiro atoms. The zero-order chi connectivity index (χ0) is 20.1. The average molecular weight is 379 g/mol. The van der Waals surface area contributed by atoms with Crippen LogP contribution in [-0.4, -0.2) is 36.4 Å². The third-order valence-electron chi connectivity index (χ3n) is 4.31. The summed E-state index contributed by atoms with van der Waals surface area (Å²) in [7, 11) is 3.85. The van der Waals surface area contributed by atoms with Gasteiger partial charge in [0.2, 0.25) is 0 Å². The SMILES string of the molecule is Cc1ccc(C(=O)Nc2ccc(OCCn3nccc3N)cc2)c(N(C)C)c1. The van der Waals surface area contributed by atoms with Gasteiger partial charge in [-0.05, 0) is 55.0 Å². The maximum Gasteiger partial charge on any atom is 0.257 e. The summed E-state index contributed by atoms with van der Waals surface area (Å²) < 4.78 is 7.39. The lowest BCUT2D eigenvalue weighted by molar-refractivity contribution is 0.102. The average Bonchev–Trinajstić information content (AvgIpc) is 3.08. The predicted molar refractivity (Wildman–Crippen MR) is 112 cm³/mol. The molecule has 0 aliphatic heterocycles. The molecule has 2 aromatic carbocycles. The lowest BCUT2D eigenvalue weighted by Gasteiger charge is -2.18. The van der Waals surface area contributed by atoms with Crippen molar-refractivity contribution in [2.45, 2.75) is 13.5 Å². The highest BCUT2D eigenvalue weighted by Gasteiger charge is 2.13. The quantitative estimate of drug-likeness (QED) is 0.659. The fraction of sp³-hybridized carbons (Fsp3) is 0.238. The molecule has 7 nitrogen and oxygen atoms in total. The van der Waals surface area contributed by atoms with Crippen molar-refractivity contribution in [3.63, 3.8) is 0 Å². The summed E-state index contributed by atoms with van der Waals surface area (Å²) in [5, 5.41) is 7.04. The monoisotopic (exact) mass is 379 g/mol. The fourth-order valence-electron chi connectivity index (χ4n) is 2.82. The van der Waals surface area contributed by atoms with E-state index in [0.717, 1.165) is 11.3 Å². The number of nitrogens with one attached hydrogen (secondary N) is 1. The second-order valence-corrected chi connectivity index (χ2v) is 6.72. The van der Waals surface area contributed by atoms with Gasteiger partial charge in [0, 0.05) is 25.5 Å². The van der Waals surface area contributed by atoms with Crippen LogP contribution in [0.25, 0.3) is 0 Å². The van der Waals surface area contributed by atoms with E-state index >= 15 is 0 Å². The lowest BCUT2D eigenvalue weighted by Crippen LogP contribution is -2.18. The third-order valence-corrected chi connectivity index (χ3v) is 4.31. The van der Waals surface area contributed by atoms with Crippen molar-refractivity contribution >= 4 is 23.1 Å². The summed E-state index contributed by atoms with van der Waals surface area (Å²) in [5.41, 5.74) is 9.11. The molecule has 1 heterocycles. The van der Waals surface area contributed by atoms with E-state index < -0.39 is 0 Å². The molecule has 146 valence electrons. The molecule has 0 aliphatic rings. The minimum atomic E-state index is -0.147. The van der Waals surface area contributed by atoms with Crippen LogP contribution in [0.2, 0.25) is 0 Å². The van der Waals surface area contributed by atoms with Gasteiger partial charge in [-0.1, -0.05) is 6.07 Å². The molecule has 0 bridgehead atoms. The molecule has 0 aliphatic carbocycles. The second kappa shape index (κ2) is 8.47. The van der Waals surface area contributed by atoms with Gasteiger partial charge in [0.1, 0.15) is 18.2 Å². The normalized spacial score (nSPS) is 10.5. The van der Waals surface area contributed by atoms with E-state index in [2.05, 4.69) is 10.4 Å². The Kier molecular flexibility index (Phi) is 5.84. The van der Waals surface area contributed by atoms with Crippen LogP contribution in [0.15, 0.2) is 54.7 Å². The predicted octanol–water partition coefficient (Wildman–Crippen LogP) is 3.17. The molecule has 1 amide bonds. The molecular weight excluding hydrogens is 354 g/mol. The van der Waals surface area contributed by atoms with Gasteiger partial charge in [-0.2, -0.15) is 5.10 Å². The summed E-state index contributed by atoms with van der Waals surface area (Å²) in [6.07, 6.45) is 1.66. The molecule has 0 saturated heterocycles. The number of ether oxygens (including phenoxy) is 1. The molecule has 3 aromatic rings. The Morgan fingerprint density at radius 3 is 2.57 bits per heavy atom. The standard InChI is InChI=1S/C21H25N5O2/c1-15-4-9-18(19(14-15)25(2)3)21(27)24-16-5-7-17(8-6-16)28-13-12-26-20(22)10-11-23-26/h4-11,14H,12-13,22H2,1-3H3,(H,24,27). The van der Waals surface area contributed by atoms with Gasteiger partial charge in [-0.15, -0.1) is 0 Å². The van der Waals surface area contributed by atoms with E-state index in [1.807, 2.05) is 68.4 Å². The number of nitrogens with two attached hydrogens (primary N) is 1. The molecule has 0 fully saturated rings. The Labute approximate surface area is 164 Å². The summed E-state index contributed by atoms with van der Waals surface area (Å²) in [4.78, 5) is 14.6. The zero-order valence-electron chi connectivity index (χ0n) is 16.3. The fourth-order valence-corrected chi connectivity index (χ4v) is 2.82. The van der Waals surface area contributed by atoms with Crippen LogP contribution >= 0.6 is 0 Å². The molecule has 3 rings (SSSR count). The third kappa shape index (κ3) is 4.62. The molecule has 1 aromatic heterocycles. The highest BCUT2D eigenvalue weighted by atomic mass is 16.5. The molecule has 28 heavy (non-hydrogen) atoms. The highest BCUT2D eigenvalue weighted by molar-refractivity contribution is 6.08. The topological polar surface area (TPSA) is 85.4 Å². The number of nitrogen functional groups attached to an aromatic ring is 1. The maximum absolute atomic E-state index is 12.7. The molecule has 0 unspecified atom stereocenters. The summed E-state index contributed by atoms with van der Waals surface area (Å²) in [6, 6.07) is 14.8. The minimum Gasteiger partial charge on any atom is -0.492 e. The highest BCUT2D eigenvalue weighted by Crippen LogP contribution is 2.22. The summed E-state index contributed by atoms with van der Waals surface area (Å²) in [5.74, 6) is 1.18. The Bertz CT molecular complexity index is 948. The first-order valence-electron chi connectivity index (χ1n) is 9.03. The van der Waals surface area contributed by atoms with Crippen LogP contribution in [0.3, 0.4) is 0 Å². The van der Waals surface area contributed by atoms with Crippen LogP contribution in [0.4, 0.5) is 17.2 Å². The number of anilines is 3. The number of aromatic nitrogens is 2. The molecule has 7 heteroatoms. The van der Waals surface area contributed by atoms with E-state index in [0.29, 0.717) is 36.0 Å². The smallest absolute Gasteiger partial charge is 0.257 e. The Balaban J connectivity index is 1.60. The number of carbonyl (C=O) groups excluding carboxylic acids is 1. The van der Waals surface area contributed by atoms with Crippen LogP contribution < -0.4 is 20.7 Å². The largest absolute Gasteiger partial charge is 0.492 e. The second-order valence-electron chi connectivity index (χ2n) is 6.72. The van der Waals surface area contributed by atoms with Gasteiger partial charge < -0.3 is 20.7 Å². The van der Waals surface area contributed by atoms with Crippen molar-refractivity contribution in [2.75, 3.05) is 36.7 Å². The molecular formula is C21H25N5O2. The maximum atomic E-state index is 12.7. The van der Waals surface area contributed by atoms with Gasteiger partial charge in [0.25, 0.3) is 5.91 Å². The van der Waals surface area contributed by atoms with Crippen molar-refractivity contribution in [1.82, 2.24) is 9.78 Å². The first-order chi connectivity index (χ1) is 13.4. The number of benzene rings is 2. The van der Waals surface area contributed by atoms with Gasteiger partial charge in [0.15, 0.2) is 0 Å². The minimum absolute atomic E-state index is 0.147. The van der Waals surface area contributed by atoms with Crippen LogP contribution in [-0.2, 0) is 6.54 Å². The van der Waals surface area contributed by atoms with Gasteiger partial charge in [-0.25, -0.2) is 4.68 Å². The summed E-state index contributed by atoms with van der Waals surface area (Å²) >= 11 is 0. The van der Waals surface area contributed by atoms with Crippen LogP contribution in [0.5, 0.6) is 5.75 Å². The first-order valence-corrected chi connectivity index (χ1v) is 9.03. The number of nitrogens with zero attached hydrogens (tertiary/aromatic N) is 3. The van der Waals surface area contributed by atoms with Crippen LogP contribution in [0, 0.1) is 6.92 Å². The molecule has 0 atom stereocenters. The van der Waals surface area contributed by atoms with E-state index in [-0.39, 0.29) is 5.91 Å². The number of carbonyl (C=O) groups is 1. The van der Waals surface area contributed by atoms with Gasteiger partial charge in [0.05, 0.1) is 18.3 Å². The van der Waals surface area contributed by atoms with Crippen molar-refractivity contribution in [3.8, 4) is 5.75 Å². The Hall–Kier alpha value is -3.48. The Morgan fingerprint density at radius 1 is 1.18 bits per heavy atom.